The molecule has 0 saturated heterocycles. The van der Waals surface area contributed by atoms with E-state index in [1.807, 2.05) is 62.4 Å². The fourth-order valence-electron chi connectivity index (χ4n) is 3.46. The lowest BCUT2D eigenvalue weighted by molar-refractivity contribution is -0.115. The van der Waals surface area contributed by atoms with Crippen LogP contribution in [0, 0.1) is 20.8 Å². The molecule has 0 fully saturated rings. The van der Waals surface area contributed by atoms with Crippen molar-refractivity contribution in [3.63, 3.8) is 0 Å². The number of nitrogens with zero attached hydrogens (tertiary/aromatic N) is 2. The van der Waals surface area contributed by atoms with Crippen molar-refractivity contribution in [2.24, 2.45) is 0 Å². The standard InChI is InChI=1S/C26H25N3O3S2/c1-15-9-8-12-20-16(2)13-21(28-22(15)20)33-18(4)24(30)29-26-27-17(3)23(34-26)25(31)32-14-19-10-6-5-7-11-19/h5-13,18H,14H2,1-4H3,(H,27,29,30). The predicted molar refractivity (Wildman–Crippen MR) is 138 cm³/mol. The van der Waals surface area contributed by atoms with E-state index in [4.69, 9.17) is 9.72 Å². The van der Waals surface area contributed by atoms with Gasteiger partial charge in [-0.3, -0.25) is 4.79 Å². The van der Waals surface area contributed by atoms with Crippen LogP contribution in [0.4, 0.5) is 5.13 Å². The zero-order valence-electron chi connectivity index (χ0n) is 19.4. The van der Waals surface area contributed by atoms with E-state index < -0.39 is 11.2 Å². The van der Waals surface area contributed by atoms with Gasteiger partial charge in [-0.05, 0) is 50.5 Å². The topological polar surface area (TPSA) is 81.2 Å². The molecule has 2 aromatic heterocycles. The minimum atomic E-state index is -0.451. The summed E-state index contributed by atoms with van der Waals surface area (Å²) < 4.78 is 5.40. The highest BCUT2D eigenvalue weighted by molar-refractivity contribution is 8.00. The van der Waals surface area contributed by atoms with Crippen LogP contribution in [0.1, 0.15) is 39.0 Å². The molecule has 4 rings (SSSR count). The first-order chi connectivity index (χ1) is 16.3. The van der Waals surface area contributed by atoms with Gasteiger partial charge in [-0.1, -0.05) is 71.6 Å². The van der Waals surface area contributed by atoms with E-state index in [1.54, 1.807) is 6.92 Å². The van der Waals surface area contributed by atoms with Gasteiger partial charge in [0, 0.05) is 5.39 Å². The molecule has 2 aromatic carbocycles. The zero-order chi connectivity index (χ0) is 24.2. The molecule has 0 spiro atoms. The number of rotatable bonds is 7. The van der Waals surface area contributed by atoms with Gasteiger partial charge in [-0.2, -0.15) is 0 Å². The maximum absolute atomic E-state index is 12.8. The number of fused-ring (bicyclic) bond motifs is 1. The minimum Gasteiger partial charge on any atom is -0.457 e. The van der Waals surface area contributed by atoms with E-state index in [-0.39, 0.29) is 12.5 Å². The van der Waals surface area contributed by atoms with Crippen molar-refractivity contribution in [1.82, 2.24) is 9.97 Å². The van der Waals surface area contributed by atoms with E-state index in [2.05, 4.69) is 23.3 Å². The molecule has 2 heterocycles. The Hall–Kier alpha value is -3.23. The van der Waals surface area contributed by atoms with Gasteiger partial charge in [0.05, 0.1) is 21.5 Å². The Morgan fingerprint density at radius 3 is 2.56 bits per heavy atom. The summed E-state index contributed by atoms with van der Waals surface area (Å²) in [5, 5.41) is 4.72. The highest BCUT2D eigenvalue weighted by Crippen LogP contribution is 2.29. The number of aromatic nitrogens is 2. The molecule has 174 valence electrons. The molecule has 4 aromatic rings. The number of hydrogen-bond donors (Lipinski definition) is 1. The van der Waals surface area contributed by atoms with E-state index >= 15 is 0 Å². The van der Waals surface area contributed by atoms with Crippen LogP contribution in [0.5, 0.6) is 0 Å². The summed E-state index contributed by atoms with van der Waals surface area (Å²) in [7, 11) is 0. The second-order valence-electron chi connectivity index (χ2n) is 7.99. The number of hydrogen-bond acceptors (Lipinski definition) is 7. The van der Waals surface area contributed by atoms with Crippen LogP contribution in [0.3, 0.4) is 0 Å². The quantitative estimate of drug-likeness (QED) is 0.249. The van der Waals surface area contributed by atoms with Crippen LogP contribution in [0.25, 0.3) is 10.9 Å². The van der Waals surface area contributed by atoms with Crippen LogP contribution in [0.15, 0.2) is 59.6 Å². The van der Waals surface area contributed by atoms with Gasteiger partial charge in [0.15, 0.2) is 5.13 Å². The number of para-hydroxylation sites is 1. The van der Waals surface area contributed by atoms with Crippen molar-refractivity contribution in [3.8, 4) is 0 Å². The molecule has 0 bridgehead atoms. The van der Waals surface area contributed by atoms with Crippen LogP contribution >= 0.6 is 23.1 Å². The maximum Gasteiger partial charge on any atom is 0.350 e. The molecule has 1 amide bonds. The van der Waals surface area contributed by atoms with Gasteiger partial charge in [0.2, 0.25) is 5.91 Å². The van der Waals surface area contributed by atoms with Gasteiger partial charge in [0.25, 0.3) is 0 Å². The number of carbonyl (C=O) groups excluding carboxylic acids is 2. The zero-order valence-corrected chi connectivity index (χ0v) is 21.0. The highest BCUT2D eigenvalue weighted by atomic mass is 32.2. The molecular formula is C26H25N3O3S2. The van der Waals surface area contributed by atoms with Crippen LogP contribution in [-0.4, -0.2) is 27.1 Å². The lowest BCUT2D eigenvalue weighted by Gasteiger charge is -2.12. The Morgan fingerprint density at radius 1 is 1.03 bits per heavy atom. The number of amides is 1. The van der Waals surface area contributed by atoms with Gasteiger partial charge >= 0.3 is 5.97 Å². The van der Waals surface area contributed by atoms with Crippen molar-refractivity contribution in [2.75, 3.05) is 5.32 Å². The molecule has 8 heteroatoms. The number of aryl methyl sites for hydroxylation is 3. The number of nitrogens with one attached hydrogen (secondary N) is 1. The van der Waals surface area contributed by atoms with Crippen molar-refractivity contribution >= 4 is 51.0 Å². The first kappa shape index (κ1) is 23.9. The molecular weight excluding hydrogens is 466 g/mol. The fourth-order valence-corrected chi connectivity index (χ4v) is 5.24. The first-order valence-corrected chi connectivity index (χ1v) is 12.5. The van der Waals surface area contributed by atoms with Crippen molar-refractivity contribution in [3.05, 3.63) is 81.9 Å². The number of esters is 1. The lowest BCUT2D eigenvalue weighted by Crippen LogP contribution is -2.22. The molecule has 0 aliphatic heterocycles. The number of pyridine rings is 1. The Labute approximate surface area is 206 Å². The lowest BCUT2D eigenvalue weighted by atomic mass is 10.1. The monoisotopic (exact) mass is 491 g/mol. The third kappa shape index (κ3) is 5.46. The fraction of sp³-hybridized carbons (Fsp3) is 0.231. The van der Waals surface area contributed by atoms with Crippen molar-refractivity contribution in [1.29, 1.82) is 0 Å². The first-order valence-electron chi connectivity index (χ1n) is 10.8. The molecule has 6 nitrogen and oxygen atoms in total. The third-order valence-corrected chi connectivity index (χ3v) is 7.39. The van der Waals surface area contributed by atoms with Gasteiger partial charge < -0.3 is 10.1 Å². The van der Waals surface area contributed by atoms with Crippen molar-refractivity contribution in [2.45, 2.75) is 44.6 Å². The number of thiazole rings is 1. The SMILES string of the molecule is Cc1nc(NC(=O)C(C)Sc2cc(C)c3cccc(C)c3n2)sc1C(=O)OCc1ccccc1. The molecule has 1 atom stereocenters. The average Bonchev–Trinajstić information content (AvgIpc) is 3.18. The van der Waals surface area contributed by atoms with Gasteiger partial charge in [0.1, 0.15) is 11.5 Å². The second-order valence-corrected chi connectivity index (χ2v) is 10.4. The Morgan fingerprint density at radius 2 is 1.79 bits per heavy atom. The van der Waals surface area contributed by atoms with Crippen molar-refractivity contribution < 1.29 is 14.3 Å². The van der Waals surface area contributed by atoms with Gasteiger partial charge in [-0.25, -0.2) is 14.8 Å². The number of ether oxygens (including phenoxy) is 1. The summed E-state index contributed by atoms with van der Waals surface area (Å²) in [6, 6.07) is 17.6. The smallest absolute Gasteiger partial charge is 0.350 e. The molecule has 1 N–H and O–H groups in total. The predicted octanol–water partition coefficient (Wildman–Crippen LogP) is 6.09. The maximum atomic E-state index is 12.8. The Bertz CT molecular complexity index is 1350. The molecule has 0 saturated carbocycles. The van der Waals surface area contributed by atoms with Crippen LogP contribution in [-0.2, 0) is 16.1 Å². The average molecular weight is 492 g/mol. The summed E-state index contributed by atoms with van der Waals surface area (Å²) in [5.74, 6) is -0.653. The molecule has 1 unspecified atom stereocenters. The van der Waals surface area contributed by atoms with E-state index in [9.17, 15) is 9.59 Å². The molecule has 34 heavy (non-hydrogen) atoms. The molecule has 0 radical (unpaired) electrons. The summed E-state index contributed by atoms with van der Waals surface area (Å²) in [6.07, 6.45) is 0. The second kappa shape index (κ2) is 10.4. The third-order valence-electron chi connectivity index (χ3n) is 5.32. The minimum absolute atomic E-state index is 0.185. The Balaban J connectivity index is 1.40. The van der Waals surface area contributed by atoms with E-state index in [0.717, 1.165) is 44.0 Å². The van der Waals surface area contributed by atoms with E-state index in [1.165, 1.54) is 11.8 Å². The number of carbonyl (C=O) groups is 2. The highest BCUT2D eigenvalue weighted by Gasteiger charge is 2.21. The largest absolute Gasteiger partial charge is 0.457 e. The Kier molecular flexibility index (Phi) is 7.29. The number of thioether (sulfide) groups is 1. The van der Waals surface area contributed by atoms with Gasteiger partial charge in [-0.15, -0.1) is 0 Å². The number of benzene rings is 2. The number of anilines is 1. The van der Waals surface area contributed by atoms with Crippen LogP contribution in [0.2, 0.25) is 0 Å². The summed E-state index contributed by atoms with van der Waals surface area (Å²) in [6.45, 7) is 7.83. The van der Waals surface area contributed by atoms with Crippen LogP contribution < -0.4 is 5.32 Å². The summed E-state index contributed by atoms with van der Waals surface area (Å²) in [4.78, 5) is 34.8. The summed E-state index contributed by atoms with van der Waals surface area (Å²) >= 11 is 2.51. The molecule has 0 aliphatic carbocycles. The summed E-state index contributed by atoms with van der Waals surface area (Å²) in [5.41, 5.74) is 4.61. The van der Waals surface area contributed by atoms with E-state index in [0.29, 0.717) is 15.7 Å². The molecule has 0 aliphatic rings. The normalized spacial score (nSPS) is 11.9.